The highest BCUT2D eigenvalue weighted by Gasteiger charge is 2.30. The van der Waals surface area contributed by atoms with Crippen molar-refractivity contribution in [2.45, 2.75) is 82.3 Å². The third kappa shape index (κ3) is 3.03. The number of piperidine rings is 1. The minimum Gasteiger partial charge on any atom is -0.310 e. The molecule has 0 aromatic rings. The van der Waals surface area contributed by atoms with Crippen LogP contribution in [-0.2, 0) is 0 Å². The van der Waals surface area contributed by atoms with Crippen molar-refractivity contribution in [1.29, 1.82) is 0 Å². The first-order valence-corrected chi connectivity index (χ1v) is 7.92. The molecule has 1 heterocycles. The highest BCUT2D eigenvalue weighted by molar-refractivity contribution is 4.88. The molecule has 98 valence electrons. The third-order valence-electron chi connectivity index (χ3n) is 5.12. The Balaban J connectivity index is 1.45. The van der Waals surface area contributed by atoms with Gasteiger partial charge >= 0.3 is 0 Å². The molecular weight excluding hydrogens is 208 g/mol. The molecule has 0 radical (unpaired) electrons. The van der Waals surface area contributed by atoms with Gasteiger partial charge in [-0.2, -0.15) is 0 Å². The quantitative estimate of drug-likeness (QED) is 0.810. The molecule has 3 rings (SSSR count). The lowest BCUT2D eigenvalue weighted by atomic mass is 9.88. The molecule has 0 amide bonds. The van der Waals surface area contributed by atoms with Gasteiger partial charge in [-0.1, -0.05) is 25.7 Å². The van der Waals surface area contributed by atoms with Crippen molar-refractivity contribution in [1.82, 2.24) is 10.2 Å². The number of nitrogens with zero attached hydrogens (tertiary/aromatic N) is 1. The van der Waals surface area contributed by atoms with Gasteiger partial charge < -0.3 is 5.32 Å². The summed E-state index contributed by atoms with van der Waals surface area (Å²) < 4.78 is 0. The number of hydrogen-bond acceptors (Lipinski definition) is 2. The second-order valence-corrected chi connectivity index (χ2v) is 6.42. The topological polar surface area (TPSA) is 15.3 Å². The average molecular weight is 236 g/mol. The fourth-order valence-corrected chi connectivity index (χ4v) is 3.83. The molecule has 0 aromatic heterocycles. The summed E-state index contributed by atoms with van der Waals surface area (Å²) in [6.07, 6.45) is 14.5. The highest BCUT2D eigenvalue weighted by atomic mass is 15.2. The van der Waals surface area contributed by atoms with Crippen molar-refractivity contribution in [3.8, 4) is 0 Å². The molecule has 1 N–H and O–H groups in total. The Morgan fingerprint density at radius 2 is 1.47 bits per heavy atom. The molecule has 3 aliphatic rings. The number of hydrogen-bond donors (Lipinski definition) is 1. The Bertz CT molecular complexity index is 229. The van der Waals surface area contributed by atoms with Crippen LogP contribution in [0.3, 0.4) is 0 Å². The molecule has 2 heteroatoms. The summed E-state index contributed by atoms with van der Waals surface area (Å²) in [5.41, 5.74) is 0. The molecule has 3 fully saturated rings. The summed E-state index contributed by atoms with van der Waals surface area (Å²) in [4.78, 5) is 2.77. The van der Waals surface area contributed by atoms with E-state index in [0.29, 0.717) is 0 Å². The van der Waals surface area contributed by atoms with Crippen LogP contribution in [0.2, 0.25) is 0 Å². The Morgan fingerprint density at radius 1 is 0.706 bits per heavy atom. The van der Waals surface area contributed by atoms with E-state index < -0.39 is 0 Å². The Morgan fingerprint density at radius 3 is 2.18 bits per heavy atom. The van der Waals surface area contributed by atoms with Crippen molar-refractivity contribution in [3.63, 3.8) is 0 Å². The van der Waals surface area contributed by atoms with Crippen molar-refractivity contribution in [2.24, 2.45) is 0 Å². The summed E-state index contributed by atoms with van der Waals surface area (Å²) in [5, 5.41) is 3.95. The van der Waals surface area contributed by atoms with Gasteiger partial charge in [-0.05, 0) is 45.1 Å². The average Bonchev–Trinajstić information content (AvgIpc) is 2.28. The summed E-state index contributed by atoms with van der Waals surface area (Å²) in [7, 11) is 0. The lowest BCUT2D eigenvalue weighted by Crippen LogP contribution is -2.53. The summed E-state index contributed by atoms with van der Waals surface area (Å²) in [5.74, 6) is 0. The molecule has 2 nitrogen and oxygen atoms in total. The van der Waals surface area contributed by atoms with E-state index in [1.807, 2.05) is 0 Å². The van der Waals surface area contributed by atoms with E-state index in [-0.39, 0.29) is 0 Å². The SMILES string of the molecule is C1CCC(NC2CCCN(C3CCC3)C2)CC1. The highest BCUT2D eigenvalue weighted by Crippen LogP contribution is 2.28. The molecule has 0 bridgehead atoms. The number of rotatable bonds is 3. The molecular formula is C15H28N2. The lowest BCUT2D eigenvalue weighted by Gasteiger charge is -2.43. The van der Waals surface area contributed by atoms with Crippen LogP contribution in [-0.4, -0.2) is 36.1 Å². The molecule has 1 saturated heterocycles. The maximum absolute atomic E-state index is 3.95. The van der Waals surface area contributed by atoms with E-state index in [2.05, 4.69) is 10.2 Å². The van der Waals surface area contributed by atoms with Gasteiger partial charge in [-0.3, -0.25) is 4.90 Å². The lowest BCUT2D eigenvalue weighted by molar-refractivity contribution is 0.0828. The number of nitrogens with one attached hydrogen (secondary N) is 1. The Kier molecular flexibility index (Phi) is 4.02. The van der Waals surface area contributed by atoms with Gasteiger partial charge in [-0.15, -0.1) is 0 Å². The fourth-order valence-electron chi connectivity index (χ4n) is 3.83. The largest absolute Gasteiger partial charge is 0.310 e. The molecule has 2 saturated carbocycles. The zero-order chi connectivity index (χ0) is 11.5. The standard InChI is InChI=1S/C15H28N2/c1-2-6-13(7-3-1)16-14-8-5-11-17(12-14)15-9-4-10-15/h13-16H,1-12H2. The van der Waals surface area contributed by atoms with Gasteiger partial charge in [0.2, 0.25) is 0 Å². The maximum Gasteiger partial charge on any atom is 0.0198 e. The second-order valence-electron chi connectivity index (χ2n) is 6.42. The molecule has 1 unspecified atom stereocenters. The van der Waals surface area contributed by atoms with Crippen LogP contribution in [0.25, 0.3) is 0 Å². The minimum atomic E-state index is 0.799. The first-order valence-electron chi connectivity index (χ1n) is 7.92. The van der Waals surface area contributed by atoms with Crippen LogP contribution in [0.15, 0.2) is 0 Å². The van der Waals surface area contributed by atoms with Crippen LogP contribution in [0.1, 0.15) is 64.2 Å². The van der Waals surface area contributed by atoms with Gasteiger partial charge in [0, 0.05) is 24.7 Å². The van der Waals surface area contributed by atoms with Crippen molar-refractivity contribution in [2.75, 3.05) is 13.1 Å². The van der Waals surface area contributed by atoms with Crippen molar-refractivity contribution >= 4 is 0 Å². The molecule has 0 aromatic carbocycles. The monoisotopic (exact) mass is 236 g/mol. The molecule has 1 aliphatic heterocycles. The van der Waals surface area contributed by atoms with E-state index in [9.17, 15) is 0 Å². The van der Waals surface area contributed by atoms with Crippen molar-refractivity contribution < 1.29 is 0 Å². The first kappa shape index (κ1) is 12.0. The smallest absolute Gasteiger partial charge is 0.0198 e. The Labute approximate surface area is 106 Å². The maximum atomic E-state index is 3.95. The van der Waals surface area contributed by atoms with Gasteiger partial charge in [0.15, 0.2) is 0 Å². The fraction of sp³-hybridized carbons (Fsp3) is 1.00. The first-order chi connectivity index (χ1) is 8.42. The zero-order valence-electron chi connectivity index (χ0n) is 11.2. The predicted molar refractivity (Wildman–Crippen MR) is 72.2 cm³/mol. The predicted octanol–water partition coefficient (Wildman–Crippen LogP) is 2.93. The number of likely N-dealkylation sites (tertiary alicyclic amines) is 1. The van der Waals surface area contributed by atoms with Gasteiger partial charge in [0.1, 0.15) is 0 Å². The minimum absolute atomic E-state index is 0.799. The van der Waals surface area contributed by atoms with Gasteiger partial charge in [0.05, 0.1) is 0 Å². The van der Waals surface area contributed by atoms with E-state index in [0.717, 1.165) is 18.1 Å². The van der Waals surface area contributed by atoms with E-state index >= 15 is 0 Å². The zero-order valence-corrected chi connectivity index (χ0v) is 11.2. The van der Waals surface area contributed by atoms with E-state index in [1.54, 1.807) is 0 Å². The molecule has 2 aliphatic carbocycles. The van der Waals surface area contributed by atoms with Crippen LogP contribution < -0.4 is 5.32 Å². The second kappa shape index (κ2) is 5.71. The van der Waals surface area contributed by atoms with Crippen molar-refractivity contribution in [3.05, 3.63) is 0 Å². The summed E-state index contributed by atoms with van der Waals surface area (Å²) in [6, 6.07) is 2.59. The Hall–Kier alpha value is -0.0800. The van der Waals surface area contributed by atoms with Gasteiger partial charge in [-0.25, -0.2) is 0 Å². The third-order valence-corrected chi connectivity index (χ3v) is 5.12. The summed E-state index contributed by atoms with van der Waals surface area (Å²) in [6.45, 7) is 2.70. The van der Waals surface area contributed by atoms with Crippen LogP contribution >= 0.6 is 0 Å². The normalized spacial score (nSPS) is 33.5. The van der Waals surface area contributed by atoms with Crippen LogP contribution in [0.4, 0.5) is 0 Å². The molecule has 1 atom stereocenters. The summed E-state index contributed by atoms with van der Waals surface area (Å²) >= 11 is 0. The van der Waals surface area contributed by atoms with Crippen LogP contribution in [0.5, 0.6) is 0 Å². The molecule has 0 spiro atoms. The van der Waals surface area contributed by atoms with E-state index in [1.165, 1.54) is 77.3 Å². The van der Waals surface area contributed by atoms with E-state index in [4.69, 9.17) is 0 Å². The van der Waals surface area contributed by atoms with Gasteiger partial charge in [0.25, 0.3) is 0 Å². The molecule has 17 heavy (non-hydrogen) atoms. The van der Waals surface area contributed by atoms with Crippen LogP contribution in [0, 0.1) is 0 Å².